The number of fused-ring (bicyclic) bond motifs is 2. The van der Waals surface area contributed by atoms with Crippen LogP contribution in [0.2, 0.25) is 0 Å². The highest BCUT2D eigenvalue weighted by Crippen LogP contribution is 2.51. The van der Waals surface area contributed by atoms with Gasteiger partial charge in [0.05, 0.1) is 19.3 Å². The van der Waals surface area contributed by atoms with Crippen molar-refractivity contribution < 1.29 is 18.8 Å². The van der Waals surface area contributed by atoms with Crippen molar-refractivity contribution >= 4 is 17.6 Å². The zero-order valence-electron chi connectivity index (χ0n) is 22.0. The van der Waals surface area contributed by atoms with Gasteiger partial charge in [-0.15, -0.1) is 0 Å². The summed E-state index contributed by atoms with van der Waals surface area (Å²) in [7, 11) is 0. The summed E-state index contributed by atoms with van der Waals surface area (Å²) < 4.78 is 10.7. The predicted molar refractivity (Wildman–Crippen MR) is 140 cm³/mol. The van der Waals surface area contributed by atoms with E-state index in [4.69, 9.17) is 9.26 Å². The quantitative estimate of drug-likeness (QED) is 0.482. The summed E-state index contributed by atoms with van der Waals surface area (Å²) in [5.41, 5.74) is 4.06. The van der Waals surface area contributed by atoms with Gasteiger partial charge in [0.1, 0.15) is 5.82 Å². The van der Waals surface area contributed by atoms with Crippen LogP contribution >= 0.6 is 0 Å². The molecule has 1 saturated carbocycles. The number of hydrogen-bond donors (Lipinski definition) is 2. The van der Waals surface area contributed by atoms with Crippen LogP contribution in [-0.4, -0.2) is 40.2 Å². The number of carbonyl (C=O) groups excluding carboxylic acids is 2. The Morgan fingerprint density at radius 1 is 1.03 bits per heavy atom. The molecule has 9 heteroatoms. The first-order chi connectivity index (χ1) is 18.3. The molecule has 2 aliphatic carbocycles. The van der Waals surface area contributed by atoms with E-state index in [9.17, 15) is 9.59 Å². The third kappa shape index (κ3) is 4.82. The highest BCUT2D eigenvalue weighted by molar-refractivity contribution is 5.94. The molecule has 2 N–H and O–H groups in total. The van der Waals surface area contributed by atoms with Gasteiger partial charge in [0, 0.05) is 17.5 Å². The van der Waals surface area contributed by atoms with E-state index < -0.39 is 0 Å². The van der Waals surface area contributed by atoms with Gasteiger partial charge >= 0.3 is 11.8 Å². The molecule has 1 saturated heterocycles. The van der Waals surface area contributed by atoms with Gasteiger partial charge in [0.25, 0.3) is 0 Å². The first-order valence-corrected chi connectivity index (χ1v) is 13.4. The van der Waals surface area contributed by atoms with Gasteiger partial charge in [-0.3, -0.25) is 9.59 Å². The van der Waals surface area contributed by atoms with Crippen molar-refractivity contribution in [3.05, 3.63) is 59.4 Å². The number of anilines is 1. The molecule has 3 heterocycles. The molecule has 1 aromatic carbocycles. The molecule has 38 heavy (non-hydrogen) atoms. The van der Waals surface area contributed by atoms with Gasteiger partial charge in [-0.1, -0.05) is 50.5 Å². The molecule has 0 spiro atoms. The minimum absolute atomic E-state index is 0.00828. The summed E-state index contributed by atoms with van der Waals surface area (Å²) in [6.45, 7) is 7.29. The first kappa shape index (κ1) is 24.7. The lowest BCUT2D eigenvalue weighted by molar-refractivity contribution is -0.118. The normalized spacial score (nSPS) is 24.2. The first-order valence-electron chi connectivity index (χ1n) is 13.4. The lowest BCUT2D eigenvalue weighted by Gasteiger charge is -2.19. The van der Waals surface area contributed by atoms with Crippen molar-refractivity contribution in [3.63, 3.8) is 0 Å². The summed E-state index contributed by atoms with van der Waals surface area (Å²) in [5.74, 6) is 1.50. The summed E-state index contributed by atoms with van der Waals surface area (Å²) in [4.78, 5) is 34.3. The number of carbonyl (C=O) groups is 2. The number of aryl methyl sites for hydroxylation is 1. The highest BCUT2D eigenvalue weighted by Gasteiger charge is 2.58. The molecule has 2 fully saturated rings. The Morgan fingerprint density at radius 2 is 1.82 bits per heavy atom. The van der Waals surface area contributed by atoms with Crippen LogP contribution in [0.25, 0.3) is 11.1 Å². The maximum absolute atomic E-state index is 12.9. The number of aromatic nitrogens is 3. The van der Waals surface area contributed by atoms with Crippen molar-refractivity contribution in [1.82, 2.24) is 20.4 Å². The zero-order valence-corrected chi connectivity index (χ0v) is 22.0. The number of pyridine rings is 1. The third-order valence-electron chi connectivity index (χ3n) is 7.90. The monoisotopic (exact) mass is 515 g/mol. The molecule has 2 aromatic heterocycles. The second kappa shape index (κ2) is 9.62. The Hall–Kier alpha value is -3.59. The van der Waals surface area contributed by atoms with E-state index in [1.165, 1.54) is 5.56 Å². The highest BCUT2D eigenvalue weighted by atomic mass is 16.5. The Morgan fingerprint density at radius 3 is 2.58 bits per heavy atom. The average Bonchev–Trinajstić information content (AvgIpc) is 3.19. The van der Waals surface area contributed by atoms with Crippen LogP contribution in [0.5, 0.6) is 0 Å². The molecule has 6 rings (SSSR count). The minimum atomic E-state index is -0.351. The Labute approximate surface area is 221 Å². The number of nitrogens with zero attached hydrogens (tertiary/aromatic N) is 3. The summed E-state index contributed by atoms with van der Waals surface area (Å²) in [6, 6.07) is 10.1. The number of ether oxygens (including phenoxy) is 1. The van der Waals surface area contributed by atoms with E-state index in [-0.39, 0.29) is 35.1 Å². The number of benzene rings is 1. The largest absolute Gasteiger partial charge is 0.381 e. The molecule has 2 amide bonds. The van der Waals surface area contributed by atoms with E-state index in [1.54, 1.807) is 6.20 Å². The number of amides is 2. The Balaban J connectivity index is 1.18. The molecule has 198 valence electrons. The van der Waals surface area contributed by atoms with E-state index in [0.717, 1.165) is 42.4 Å². The molecular weight excluding hydrogens is 482 g/mol. The smallest absolute Gasteiger partial charge is 0.315 e. The van der Waals surface area contributed by atoms with Crippen LogP contribution in [0.4, 0.5) is 5.82 Å². The van der Waals surface area contributed by atoms with Crippen molar-refractivity contribution in [1.29, 1.82) is 0 Å². The zero-order chi connectivity index (χ0) is 26.4. The van der Waals surface area contributed by atoms with Crippen LogP contribution in [0.1, 0.15) is 73.7 Å². The SMILES string of the molecule is CC(C)(C)c1noc(C(=O)N[C@H]2CCCCc3cc(-c4ccnc(NC(=O)[C@H]5[C@@H]6COC[C@@H]65)c4)ccc32)n1. The standard InChI is InChI=1S/C29H33N5O4/c1-29(2,3)28-33-27(38-34-28)26(36)31-22-7-5-4-6-18-12-16(8-9-19(18)22)17-10-11-30-23(13-17)32-25(35)24-20-14-37-15-21(20)24/h8-13,20-22,24H,4-7,14-15H2,1-3H3,(H,31,36)(H,30,32,35)/t20-,21+,22-,24+/m0/s1. The van der Waals surface area contributed by atoms with Crippen LogP contribution < -0.4 is 10.6 Å². The average molecular weight is 516 g/mol. The maximum atomic E-state index is 12.9. The van der Waals surface area contributed by atoms with E-state index >= 15 is 0 Å². The molecular formula is C29H33N5O4. The predicted octanol–water partition coefficient (Wildman–Crippen LogP) is 4.46. The van der Waals surface area contributed by atoms with Crippen molar-refractivity contribution in [3.8, 4) is 11.1 Å². The lowest BCUT2D eigenvalue weighted by atomic mass is 9.94. The van der Waals surface area contributed by atoms with Crippen molar-refractivity contribution in [2.75, 3.05) is 18.5 Å². The third-order valence-corrected chi connectivity index (χ3v) is 7.90. The fourth-order valence-corrected chi connectivity index (χ4v) is 5.67. The molecule has 3 aromatic rings. The Kier molecular flexibility index (Phi) is 6.26. The number of hydrogen-bond acceptors (Lipinski definition) is 7. The fourth-order valence-electron chi connectivity index (χ4n) is 5.67. The molecule has 0 radical (unpaired) electrons. The molecule has 1 aliphatic heterocycles. The molecule has 0 bridgehead atoms. The second-order valence-corrected chi connectivity index (χ2v) is 11.7. The van der Waals surface area contributed by atoms with E-state index in [2.05, 4.69) is 44.0 Å². The van der Waals surface area contributed by atoms with Gasteiger partial charge in [-0.25, -0.2) is 4.98 Å². The summed E-state index contributed by atoms with van der Waals surface area (Å²) >= 11 is 0. The number of nitrogens with one attached hydrogen (secondary N) is 2. The van der Waals surface area contributed by atoms with Gasteiger partial charge in [-0.05, 0) is 65.5 Å². The molecule has 3 aliphatic rings. The van der Waals surface area contributed by atoms with Gasteiger partial charge < -0.3 is 19.9 Å². The summed E-state index contributed by atoms with van der Waals surface area (Å²) in [6.07, 6.45) is 5.56. The van der Waals surface area contributed by atoms with Gasteiger partial charge in [0.2, 0.25) is 5.91 Å². The summed E-state index contributed by atoms with van der Waals surface area (Å²) in [5, 5.41) is 10.1. The Bertz CT molecular complexity index is 1370. The van der Waals surface area contributed by atoms with Crippen LogP contribution in [0.15, 0.2) is 41.1 Å². The topological polar surface area (TPSA) is 119 Å². The fraction of sp³-hybridized carbons (Fsp3) is 0.483. The van der Waals surface area contributed by atoms with Crippen LogP contribution in [0.3, 0.4) is 0 Å². The minimum Gasteiger partial charge on any atom is -0.381 e. The van der Waals surface area contributed by atoms with Crippen LogP contribution in [0, 0.1) is 17.8 Å². The van der Waals surface area contributed by atoms with Gasteiger partial charge in [-0.2, -0.15) is 4.98 Å². The molecule has 0 unspecified atom stereocenters. The second-order valence-electron chi connectivity index (χ2n) is 11.7. The van der Waals surface area contributed by atoms with Crippen molar-refractivity contribution in [2.45, 2.75) is 57.9 Å². The maximum Gasteiger partial charge on any atom is 0.315 e. The van der Waals surface area contributed by atoms with E-state index in [1.807, 2.05) is 32.9 Å². The molecule has 9 nitrogen and oxygen atoms in total. The van der Waals surface area contributed by atoms with Crippen molar-refractivity contribution in [2.24, 2.45) is 17.8 Å². The lowest BCUT2D eigenvalue weighted by Crippen LogP contribution is -2.29. The number of rotatable bonds is 5. The van der Waals surface area contributed by atoms with Gasteiger partial charge in [0.15, 0.2) is 5.82 Å². The van der Waals surface area contributed by atoms with E-state index in [0.29, 0.717) is 36.7 Å². The molecule has 4 atom stereocenters. The van der Waals surface area contributed by atoms with Crippen LogP contribution in [-0.2, 0) is 21.4 Å².